The number of piperidine rings is 1. The molecule has 1 aromatic carbocycles. The van der Waals surface area contributed by atoms with Crippen LogP contribution < -0.4 is 5.73 Å². The standard InChI is InChI=1S/C16H24Cl2N2/c1-11-5-4-9-20(12(11)2)10-8-15(19)13-6-3-7-14(17)16(13)18/h3,6-7,11-12,15H,4-5,8-10,19H2,1-2H3. The van der Waals surface area contributed by atoms with Crippen LogP contribution in [0.2, 0.25) is 10.0 Å². The summed E-state index contributed by atoms with van der Waals surface area (Å²) in [6, 6.07) is 6.28. The number of nitrogens with two attached hydrogens (primary N) is 1. The smallest absolute Gasteiger partial charge is 0.0640 e. The van der Waals surface area contributed by atoms with Gasteiger partial charge in [0.2, 0.25) is 0 Å². The van der Waals surface area contributed by atoms with Crippen molar-refractivity contribution < 1.29 is 0 Å². The summed E-state index contributed by atoms with van der Waals surface area (Å²) in [5.74, 6) is 0.773. The molecular formula is C16H24Cl2N2. The Morgan fingerprint density at radius 1 is 1.35 bits per heavy atom. The molecule has 0 radical (unpaired) electrons. The Balaban J connectivity index is 1.95. The topological polar surface area (TPSA) is 29.3 Å². The summed E-state index contributed by atoms with van der Waals surface area (Å²) < 4.78 is 0. The van der Waals surface area contributed by atoms with Crippen molar-refractivity contribution in [1.29, 1.82) is 0 Å². The lowest BCUT2D eigenvalue weighted by Crippen LogP contribution is -2.43. The Hall–Kier alpha value is -0.280. The van der Waals surface area contributed by atoms with Gasteiger partial charge < -0.3 is 10.6 Å². The number of rotatable bonds is 4. The molecule has 1 aliphatic rings. The van der Waals surface area contributed by atoms with Gasteiger partial charge in [0.1, 0.15) is 0 Å². The molecule has 4 heteroatoms. The van der Waals surface area contributed by atoms with Crippen molar-refractivity contribution in [1.82, 2.24) is 4.90 Å². The van der Waals surface area contributed by atoms with Gasteiger partial charge in [-0.25, -0.2) is 0 Å². The molecule has 1 saturated heterocycles. The van der Waals surface area contributed by atoms with Crippen molar-refractivity contribution >= 4 is 23.2 Å². The van der Waals surface area contributed by atoms with Crippen LogP contribution in [0.5, 0.6) is 0 Å². The van der Waals surface area contributed by atoms with Crippen molar-refractivity contribution in [2.75, 3.05) is 13.1 Å². The Labute approximate surface area is 132 Å². The van der Waals surface area contributed by atoms with E-state index in [9.17, 15) is 0 Å². The fourth-order valence-corrected chi connectivity index (χ4v) is 3.45. The van der Waals surface area contributed by atoms with E-state index in [-0.39, 0.29) is 6.04 Å². The quantitative estimate of drug-likeness (QED) is 0.886. The van der Waals surface area contributed by atoms with Gasteiger partial charge >= 0.3 is 0 Å². The third-order valence-electron chi connectivity index (χ3n) is 4.61. The van der Waals surface area contributed by atoms with E-state index in [1.165, 1.54) is 19.4 Å². The van der Waals surface area contributed by atoms with Crippen molar-refractivity contribution in [3.63, 3.8) is 0 Å². The number of hydrogen-bond acceptors (Lipinski definition) is 2. The largest absolute Gasteiger partial charge is 0.324 e. The van der Waals surface area contributed by atoms with E-state index in [0.717, 1.165) is 24.4 Å². The molecule has 2 nitrogen and oxygen atoms in total. The van der Waals surface area contributed by atoms with Crippen LogP contribution in [0.25, 0.3) is 0 Å². The van der Waals surface area contributed by atoms with E-state index in [1.807, 2.05) is 12.1 Å². The summed E-state index contributed by atoms with van der Waals surface area (Å²) in [7, 11) is 0. The van der Waals surface area contributed by atoms with E-state index >= 15 is 0 Å². The lowest BCUT2D eigenvalue weighted by Gasteiger charge is -2.38. The molecule has 2 rings (SSSR count). The highest BCUT2D eigenvalue weighted by Crippen LogP contribution is 2.31. The number of nitrogens with zero attached hydrogens (tertiary/aromatic N) is 1. The molecule has 1 heterocycles. The number of halogens is 2. The first-order valence-corrected chi connectivity index (χ1v) is 8.20. The summed E-state index contributed by atoms with van der Waals surface area (Å²) in [5.41, 5.74) is 7.25. The van der Waals surface area contributed by atoms with Crippen LogP contribution in [0, 0.1) is 5.92 Å². The van der Waals surface area contributed by atoms with Crippen molar-refractivity contribution in [2.24, 2.45) is 11.7 Å². The first-order valence-electron chi connectivity index (χ1n) is 7.44. The fourth-order valence-electron chi connectivity index (χ4n) is 3.00. The van der Waals surface area contributed by atoms with E-state index < -0.39 is 0 Å². The summed E-state index contributed by atoms with van der Waals surface area (Å²) in [4.78, 5) is 2.55. The second-order valence-corrected chi connectivity index (χ2v) is 6.72. The van der Waals surface area contributed by atoms with Crippen molar-refractivity contribution in [3.8, 4) is 0 Å². The second-order valence-electron chi connectivity index (χ2n) is 5.93. The number of likely N-dealkylation sites (tertiary alicyclic amines) is 1. The van der Waals surface area contributed by atoms with Crippen LogP contribution in [0.15, 0.2) is 18.2 Å². The van der Waals surface area contributed by atoms with Gasteiger partial charge in [-0.05, 0) is 50.3 Å². The highest BCUT2D eigenvalue weighted by molar-refractivity contribution is 6.42. The van der Waals surface area contributed by atoms with E-state index in [2.05, 4.69) is 18.7 Å². The van der Waals surface area contributed by atoms with Crippen LogP contribution in [-0.4, -0.2) is 24.0 Å². The molecule has 0 saturated carbocycles. The molecule has 20 heavy (non-hydrogen) atoms. The zero-order chi connectivity index (χ0) is 14.7. The Morgan fingerprint density at radius 3 is 2.85 bits per heavy atom. The molecule has 0 aromatic heterocycles. The highest BCUT2D eigenvalue weighted by atomic mass is 35.5. The number of benzene rings is 1. The Kier molecular flexibility index (Phi) is 5.74. The third kappa shape index (κ3) is 3.67. The SMILES string of the molecule is CC1CCCN(CCC(N)c2cccc(Cl)c2Cl)C1C. The molecule has 1 aromatic rings. The minimum atomic E-state index is -0.0503. The highest BCUT2D eigenvalue weighted by Gasteiger charge is 2.25. The molecule has 3 unspecified atom stereocenters. The molecule has 0 amide bonds. The van der Waals surface area contributed by atoms with Gasteiger partial charge in [-0.2, -0.15) is 0 Å². The number of hydrogen-bond donors (Lipinski definition) is 1. The Morgan fingerprint density at radius 2 is 2.10 bits per heavy atom. The van der Waals surface area contributed by atoms with Gasteiger partial charge in [-0.1, -0.05) is 42.3 Å². The van der Waals surface area contributed by atoms with Gasteiger partial charge in [0, 0.05) is 18.6 Å². The zero-order valence-electron chi connectivity index (χ0n) is 12.3. The summed E-state index contributed by atoms with van der Waals surface area (Å²) in [6.45, 7) is 6.86. The van der Waals surface area contributed by atoms with Crippen LogP contribution in [-0.2, 0) is 0 Å². The van der Waals surface area contributed by atoms with Gasteiger partial charge in [0.05, 0.1) is 10.0 Å². The van der Waals surface area contributed by atoms with Crippen LogP contribution in [0.4, 0.5) is 0 Å². The summed E-state index contributed by atoms with van der Waals surface area (Å²) >= 11 is 12.3. The maximum Gasteiger partial charge on any atom is 0.0640 e. The molecule has 112 valence electrons. The molecule has 1 fully saturated rings. The molecule has 1 aliphatic heterocycles. The van der Waals surface area contributed by atoms with Gasteiger partial charge in [0.25, 0.3) is 0 Å². The molecule has 3 atom stereocenters. The fraction of sp³-hybridized carbons (Fsp3) is 0.625. The first-order chi connectivity index (χ1) is 9.50. The van der Waals surface area contributed by atoms with Gasteiger partial charge in [0.15, 0.2) is 0 Å². The lowest BCUT2D eigenvalue weighted by atomic mass is 9.91. The molecule has 0 spiro atoms. The summed E-state index contributed by atoms with van der Waals surface area (Å²) in [5, 5.41) is 1.18. The average Bonchev–Trinajstić information content (AvgIpc) is 2.43. The Bertz CT molecular complexity index is 450. The third-order valence-corrected chi connectivity index (χ3v) is 5.45. The first kappa shape index (κ1) is 16.1. The summed E-state index contributed by atoms with van der Waals surface area (Å²) in [6.07, 6.45) is 3.54. The van der Waals surface area contributed by atoms with Gasteiger partial charge in [-0.3, -0.25) is 0 Å². The predicted octanol–water partition coefficient (Wildman–Crippen LogP) is 4.50. The van der Waals surface area contributed by atoms with E-state index in [0.29, 0.717) is 16.1 Å². The monoisotopic (exact) mass is 314 g/mol. The van der Waals surface area contributed by atoms with Gasteiger partial charge in [-0.15, -0.1) is 0 Å². The van der Waals surface area contributed by atoms with Crippen molar-refractivity contribution in [2.45, 2.75) is 45.2 Å². The maximum atomic E-state index is 6.29. The predicted molar refractivity (Wildman–Crippen MR) is 87.4 cm³/mol. The molecule has 2 N–H and O–H groups in total. The normalized spacial score (nSPS) is 25.6. The lowest BCUT2D eigenvalue weighted by molar-refractivity contribution is 0.110. The average molecular weight is 315 g/mol. The minimum Gasteiger partial charge on any atom is -0.324 e. The second kappa shape index (κ2) is 7.13. The van der Waals surface area contributed by atoms with E-state index in [1.54, 1.807) is 6.07 Å². The van der Waals surface area contributed by atoms with Crippen LogP contribution in [0.3, 0.4) is 0 Å². The molecule has 0 aliphatic carbocycles. The van der Waals surface area contributed by atoms with E-state index in [4.69, 9.17) is 28.9 Å². The molecular weight excluding hydrogens is 291 g/mol. The minimum absolute atomic E-state index is 0.0503. The van der Waals surface area contributed by atoms with Crippen molar-refractivity contribution in [3.05, 3.63) is 33.8 Å². The maximum absolute atomic E-state index is 6.29. The van der Waals surface area contributed by atoms with Crippen LogP contribution in [0.1, 0.15) is 44.7 Å². The van der Waals surface area contributed by atoms with Crippen LogP contribution >= 0.6 is 23.2 Å². The molecule has 0 bridgehead atoms. The zero-order valence-corrected chi connectivity index (χ0v) is 13.8.